The lowest BCUT2D eigenvalue weighted by atomic mass is 9.79. The highest BCUT2D eigenvalue weighted by Crippen LogP contribution is 2.40. The van der Waals surface area contributed by atoms with Gasteiger partial charge in [0.1, 0.15) is 0 Å². The van der Waals surface area contributed by atoms with Crippen molar-refractivity contribution in [3.8, 4) is 11.1 Å². The van der Waals surface area contributed by atoms with E-state index in [1.54, 1.807) is 6.07 Å². The van der Waals surface area contributed by atoms with E-state index in [9.17, 15) is 14.4 Å². The van der Waals surface area contributed by atoms with Crippen LogP contribution in [0.1, 0.15) is 45.7 Å². The van der Waals surface area contributed by atoms with Crippen LogP contribution in [-0.4, -0.2) is 34.4 Å². The van der Waals surface area contributed by atoms with Gasteiger partial charge in [0, 0.05) is 60.9 Å². The lowest BCUT2D eigenvalue weighted by Gasteiger charge is -2.45. The van der Waals surface area contributed by atoms with Crippen LogP contribution in [0.2, 0.25) is 0 Å². The maximum absolute atomic E-state index is 12.9. The summed E-state index contributed by atoms with van der Waals surface area (Å²) in [4.78, 5) is 38.9. The zero-order chi connectivity index (χ0) is 21.6. The number of pyridine rings is 1. The quantitative estimate of drug-likeness (QED) is 0.829. The molecule has 0 saturated carbocycles. The van der Waals surface area contributed by atoms with Gasteiger partial charge in [0.05, 0.1) is 0 Å². The van der Waals surface area contributed by atoms with Crippen molar-refractivity contribution in [2.75, 3.05) is 18.4 Å². The van der Waals surface area contributed by atoms with E-state index in [-0.39, 0.29) is 23.3 Å². The average Bonchev–Trinajstić information content (AvgIpc) is 2.67. The number of likely N-dealkylation sites (tertiary alicyclic amines) is 1. The van der Waals surface area contributed by atoms with Gasteiger partial charge in [0.15, 0.2) is 0 Å². The summed E-state index contributed by atoms with van der Waals surface area (Å²) >= 11 is 0. The molecule has 1 aromatic heterocycles. The molecule has 6 heteroatoms. The van der Waals surface area contributed by atoms with Crippen LogP contribution < -0.4 is 10.9 Å². The number of fused-ring (bicyclic) bond motifs is 4. The summed E-state index contributed by atoms with van der Waals surface area (Å²) in [6.07, 6.45) is 0.994. The number of benzene rings is 1. The standard InChI is InChI=1S/C24H29N3O3/c1-15(28)25-19-7-5-17(6-8-19)20-9-10-21(29)27-13-16-11-18(22(20)27)14-26(12-16)23(30)24(2,3)4/h5-10,16,18H,11-14H2,1-4H3,(H,25,28)/t16-,18+/m0/s1. The van der Waals surface area contributed by atoms with Gasteiger partial charge in [-0.3, -0.25) is 14.4 Å². The molecule has 30 heavy (non-hydrogen) atoms. The number of anilines is 1. The number of amides is 2. The molecule has 1 aromatic carbocycles. The van der Waals surface area contributed by atoms with Crippen molar-refractivity contribution in [3.05, 3.63) is 52.4 Å². The van der Waals surface area contributed by atoms with Gasteiger partial charge in [-0.05, 0) is 36.1 Å². The first kappa shape index (κ1) is 20.4. The molecule has 0 radical (unpaired) electrons. The van der Waals surface area contributed by atoms with Crippen LogP contribution in [0.25, 0.3) is 11.1 Å². The van der Waals surface area contributed by atoms with E-state index in [1.807, 2.05) is 60.6 Å². The highest BCUT2D eigenvalue weighted by atomic mass is 16.2. The molecule has 1 saturated heterocycles. The summed E-state index contributed by atoms with van der Waals surface area (Å²) in [5.74, 6) is 0.508. The summed E-state index contributed by atoms with van der Waals surface area (Å²) in [7, 11) is 0. The summed E-state index contributed by atoms with van der Waals surface area (Å²) < 4.78 is 1.91. The van der Waals surface area contributed by atoms with Crippen molar-refractivity contribution in [2.45, 2.75) is 46.6 Å². The zero-order valence-electron chi connectivity index (χ0n) is 18.1. The van der Waals surface area contributed by atoms with Gasteiger partial charge >= 0.3 is 0 Å². The van der Waals surface area contributed by atoms with E-state index in [1.165, 1.54) is 6.92 Å². The van der Waals surface area contributed by atoms with E-state index in [4.69, 9.17) is 0 Å². The Hall–Kier alpha value is -2.89. The second-order valence-electron chi connectivity index (χ2n) is 9.60. The van der Waals surface area contributed by atoms with Gasteiger partial charge in [0.25, 0.3) is 5.56 Å². The number of nitrogens with one attached hydrogen (secondary N) is 1. The third kappa shape index (κ3) is 3.78. The number of piperidine rings is 1. The van der Waals surface area contributed by atoms with Gasteiger partial charge in [-0.15, -0.1) is 0 Å². The van der Waals surface area contributed by atoms with E-state index >= 15 is 0 Å². The highest BCUT2D eigenvalue weighted by Gasteiger charge is 2.40. The second kappa shape index (κ2) is 7.42. The van der Waals surface area contributed by atoms with Gasteiger partial charge in [-0.2, -0.15) is 0 Å². The summed E-state index contributed by atoms with van der Waals surface area (Å²) in [6.45, 7) is 9.37. The van der Waals surface area contributed by atoms with E-state index in [2.05, 4.69) is 5.32 Å². The molecule has 1 fully saturated rings. The Morgan fingerprint density at radius 3 is 2.33 bits per heavy atom. The molecule has 2 aliphatic rings. The molecule has 1 N–H and O–H groups in total. The lowest BCUT2D eigenvalue weighted by molar-refractivity contribution is -0.142. The first-order valence-electron chi connectivity index (χ1n) is 10.5. The molecule has 0 aliphatic carbocycles. The van der Waals surface area contributed by atoms with Crippen molar-refractivity contribution in [2.24, 2.45) is 11.3 Å². The van der Waals surface area contributed by atoms with Crippen LogP contribution in [0, 0.1) is 11.3 Å². The summed E-state index contributed by atoms with van der Waals surface area (Å²) in [6, 6.07) is 11.2. The van der Waals surface area contributed by atoms with Crippen molar-refractivity contribution >= 4 is 17.5 Å². The largest absolute Gasteiger partial charge is 0.341 e. The maximum atomic E-state index is 12.9. The van der Waals surface area contributed by atoms with Crippen molar-refractivity contribution in [3.63, 3.8) is 0 Å². The number of hydrogen-bond acceptors (Lipinski definition) is 3. The Balaban J connectivity index is 1.72. The van der Waals surface area contributed by atoms with Crippen LogP contribution in [0.15, 0.2) is 41.2 Å². The predicted octanol–water partition coefficient (Wildman–Crippen LogP) is 3.47. The molecule has 2 aliphatic heterocycles. The Morgan fingerprint density at radius 1 is 1.00 bits per heavy atom. The number of carbonyl (C=O) groups excluding carboxylic acids is 2. The third-order valence-electron chi connectivity index (χ3n) is 6.04. The molecule has 0 unspecified atom stereocenters. The molecule has 2 amide bonds. The Labute approximate surface area is 176 Å². The average molecular weight is 408 g/mol. The van der Waals surface area contributed by atoms with Crippen LogP contribution in [0.5, 0.6) is 0 Å². The Bertz CT molecular complexity index is 1050. The molecular weight excluding hydrogens is 378 g/mol. The SMILES string of the molecule is CC(=O)Nc1ccc(-c2ccc(=O)n3c2[C@@H]2C[C@@H](CN(C(=O)C(C)(C)C)C2)C3)cc1. The van der Waals surface area contributed by atoms with Crippen molar-refractivity contribution < 1.29 is 9.59 Å². The van der Waals surface area contributed by atoms with Gasteiger partial charge in [-0.25, -0.2) is 0 Å². The first-order valence-corrected chi connectivity index (χ1v) is 10.5. The smallest absolute Gasteiger partial charge is 0.250 e. The molecule has 4 rings (SSSR count). The zero-order valence-corrected chi connectivity index (χ0v) is 18.1. The Kier molecular flexibility index (Phi) is 5.04. The van der Waals surface area contributed by atoms with Gasteiger partial charge in [-0.1, -0.05) is 32.9 Å². The van der Waals surface area contributed by atoms with Crippen LogP contribution >= 0.6 is 0 Å². The number of aromatic nitrogens is 1. The van der Waals surface area contributed by atoms with Gasteiger partial charge < -0.3 is 14.8 Å². The van der Waals surface area contributed by atoms with E-state index in [0.717, 1.165) is 28.9 Å². The van der Waals surface area contributed by atoms with Crippen molar-refractivity contribution in [1.29, 1.82) is 0 Å². The highest BCUT2D eigenvalue weighted by molar-refractivity contribution is 5.89. The fourth-order valence-electron chi connectivity index (χ4n) is 4.84. The van der Waals surface area contributed by atoms with Gasteiger partial charge in [0.2, 0.25) is 11.8 Å². The van der Waals surface area contributed by atoms with Crippen LogP contribution in [0.3, 0.4) is 0 Å². The number of rotatable bonds is 2. The van der Waals surface area contributed by atoms with E-state index in [0.29, 0.717) is 25.6 Å². The predicted molar refractivity (Wildman–Crippen MR) is 117 cm³/mol. The van der Waals surface area contributed by atoms with E-state index < -0.39 is 5.41 Å². The minimum atomic E-state index is -0.412. The van der Waals surface area contributed by atoms with Crippen molar-refractivity contribution in [1.82, 2.24) is 9.47 Å². The molecule has 2 atom stereocenters. The first-order chi connectivity index (χ1) is 14.1. The molecular formula is C24H29N3O3. The molecule has 158 valence electrons. The summed E-state index contributed by atoms with van der Waals surface area (Å²) in [5, 5.41) is 2.78. The number of carbonyl (C=O) groups is 2. The second-order valence-corrected chi connectivity index (χ2v) is 9.60. The summed E-state index contributed by atoms with van der Waals surface area (Å²) in [5.41, 5.74) is 3.41. The molecule has 2 bridgehead atoms. The monoisotopic (exact) mass is 407 g/mol. The molecule has 3 heterocycles. The Morgan fingerprint density at radius 2 is 1.70 bits per heavy atom. The molecule has 2 aromatic rings. The van der Waals surface area contributed by atoms with Crippen LogP contribution in [0.4, 0.5) is 5.69 Å². The fourth-order valence-corrected chi connectivity index (χ4v) is 4.84. The number of hydrogen-bond donors (Lipinski definition) is 1. The topological polar surface area (TPSA) is 71.4 Å². The third-order valence-corrected chi connectivity index (χ3v) is 6.04. The normalized spacial score (nSPS) is 20.5. The fraction of sp³-hybridized carbons (Fsp3) is 0.458. The minimum absolute atomic E-state index is 0.0221. The lowest BCUT2D eigenvalue weighted by Crippen LogP contribution is -2.51. The minimum Gasteiger partial charge on any atom is -0.341 e. The molecule has 6 nitrogen and oxygen atoms in total. The maximum Gasteiger partial charge on any atom is 0.250 e. The van der Waals surface area contributed by atoms with Crippen LogP contribution in [-0.2, 0) is 16.1 Å². The molecule has 0 spiro atoms. The number of nitrogens with zero attached hydrogens (tertiary/aromatic N) is 2.